The number of hydrogen-bond donors (Lipinski definition) is 1. The molecular weight excluding hydrogens is 382 g/mol. The zero-order chi connectivity index (χ0) is 20.2. The lowest BCUT2D eigenvalue weighted by molar-refractivity contribution is -0.116. The molecule has 0 atom stereocenters. The summed E-state index contributed by atoms with van der Waals surface area (Å²) in [5.74, 6) is 1.19. The maximum atomic E-state index is 12.8. The van der Waals surface area contributed by atoms with Gasteiger partial charge in [0.05, 0.1) is 5.75 Å². The smallest absolute Gasteiger partial charge is 0.237 e. The molecule has 0 saturated heterocycles. The monoisotopic (exact) mass is 405 g/mol. The van der Waals surface area contributed by atoms with Crippen molar-refractivity contribution in [2.75, 3.05) is 17.2 Å². The highest BCUT2D eigenvalue weighted by atomic mass is 32.2. The van der Waals surface area contributed by atoms with Crippen molar-refractivity contribution in [3.05, 3.63) is 60.8 Å². The number of amides is 1. The fraction of sp³-hybridized carbons (Fsp3) is 0.227. The van der Waals surface area contributed by atoms with Gasteiger partial charge in [-0.25, -0.2) is 0 Å². The Morgan fingerprint density at radius 3 is 2.59 bits per heavy atom. The number of benzene rings is 2. The maximum Gasteiger partial charge on any atom is 0.237 e. The highest BCUT2D eigenvalue weighted by Gasteiger charge is 2.19. The van der Waals surface area contributed by atoms with E-state index in [1.165, 1.54) is 11.8 Å². The fourth-order valence-electron chi connectivity index (χ4n) is 3.45. The van der Waals surface area contributed by atoms with Gasteiger partial charge < -0.3 is 14.5 Å². The van der Waals surface area contributed by atoms with Crippen LogP contribution >= 0.6 is 11.8 Å². The first kappa shape index (κ1) is 19.3. The Hall–Kier alpha value is -3.06. The standard InChI is InChI=1S/C22H23N5OS/c1-3-26(16-10-6-5-7-11-16)20(28)15-29-22-25-24-21(27(22)4-2)18-14-23-19-13-9-8-12-17(18)19/h5-14,23H,3-4,15H2,1-2H3. The van der Waals surface area contributed by atoms with Gasteiger partial charge in [-0.1, -0.05) is 48.2 Å². The van der Waals surface area contributed by atoms with Gasteiger partial charge in [0, 0.05) is 41.4 Å². The van der Waals surface area contributed by atoms with Crippen LogP contribution in [-0.4, -0.2) is 38.0 Å². The van der Waals surface area contributed by atoms with Gasteiger partial charge in [-0.3, -0.25) is 4.79 Å². The van der Waals surface area contributed by atoms with Crippen molar-refractivity contribution in [2.24, 2.45) is 0 Å². The number of aromatic amines is 1. The summed E-state index contributed by atoms with van der Waals surface area (Å²) in [4.78, 5) is 17.9. The van der Waals surface area contributed by atoms with E-state index in [1.807, 2.05) is 61.7 Å². The molecule has 0 bridgehead atoms. The summed E-state index contributed by atoms with van der Waals surface area (Å²) in [6.45, 7) is 5.41. The van der Waals surface area contributed by atoms with Crippen molar-refractivity contribution < 1.29 is 4.79 Å². The van der Waals surface area contributed by atoms with Crippen LogP contribution in [-0.2, 0) is 11.3 Å². The van der Waals surface area contributed by atoms with E-state index < -0.39 is 0 Å². The number of carbonyl (C=O) groups is 1. The van der Waals surface area contributed by atoms with Crippen molar-refractivity contribution in [3.63, 3.8) is 0 Å². The lowest BCUT2D eigenvalue weighted by Crippen LogP contribution is -2.32. The Kier molecular flexibility index (Phi) is 5.67. The molecule has 2 heterocycles. The van der Waals surface area contributed by atoms with Crippen LogP contribution in [0, 0.1) is 0 Å². The Balaban J connectivity index is 1.55. The molecule has 4 rings (SSSR count). The molecule has 148 valence electrons. The number of hydrogen-bond acceptors (Lipinski definition) is 4. The fourth-order valence-corrected chi connectivity index (χ4v) is 4.33. The molecule has 0 fully saturated rings. The number of nitrogens with one attached hydrogen (secondary N) is 1. The van der Waals surface area contributed by atoms with Gasteiger partial charge in [0.2, 0.25) is 5.91 Å². The largest absolute Gasteiger partial charge is 0.360 e. The number of fused-ring (bicyclic) bond motifs is 1. The minimum atomic E-state index is 0.0583. The molecule has 0 aliphatic carbocycles. The zero-order valence-corrected chi connectivity index (χ0v) is 17.3. The number of H-pyrrole nitrogens is 1. The summed E-state index contributed by atoms with van der Waals surface area (Å²) in [5.41, 5.74) is 3.00. The molecule has 2 aromatic carbocycles. The van der Waals surface area contributed by atoms with E-state index in [0.29, 0.717) is 12.3 Å². The van der Waals surface area contributed by atoms with E-state index in [2.05, 4.69) is 32.7 Å². The lowest BCUT2D eigenvalue weighted by atomic mass is 10.1. The van der Waals surface area contributed by atoms with E-state index in [-0.39, 0.29) is 5.91 Å². The van der Waals surface area contributed by atoms with Crippen LogP contribution in [0.5, 0.6) is 0 Å². The van der Waals surface area contributed by atoms with Crippen molar-refractivity contribution in [1.82, 2.24) is 19.7 Å². The maximum absolute atomic E-state index is 12.8. The van der Waals surface area contributed by atoms with Gasteiger partial charge in [0.15, 0.2) is 11.0 Å². The number of aromatic nitrogens is 4. The van der Waals surface area contributed by atoms with Gasteiger partial charge in [0.25, 0.3) is 0 Å². The number of para-hydroxylation sites is 2. The third-order valence-corrected chi connectivity index (χ3v) is 5.82. The van der Waals surface area contributed by atoms with Crippen LogP contribution in [0.1, 0.15) is 13.8 Å². The summed E-state index contributed by atoms with van der Waals surface area (Å²) in [5, 5.41) is 10.7. The average molecular weight is 406 g/mol. The molecule has 29 heavy (non-hydrogen) atoms. The molecule has 0 unspecified atom stereocenters. The van der Waals surface area contributed by atoms with Crippen LogP contribution in [0.25, 0.3) is 22.3 Å². The number of nitrogens with zero attached hydrogens (tertiary/aromatic N) is 4. The molecule has 1 N–H and O–H groups in total. The second kappa shape index (κ2) is 8.53. The Morgan fingerprint density at radius 2 is 1.83 bits per heavy atom. The van der Waals surface area contributed by atoms with Gasteiger partial charge in [-0.15, -0.1) is 10.2 Å². The van der Waals surface area contributed by atoms with Crippen LogP contribution in [0.3, 0.4) is 0 Å². The van der Waals surface area contributed by atoms with Crippen LogP contribution in [0.2, 0.25) is 0 Å². The van der Waals surface area contributed by atoms with Gasteiger partial charge in [0.1, 0.15) is 0 Å². The van der Waals surface area contributed by atoms with Crippen molar-refractivity contribution in [2.45, 2.75) is 25.5 Å². The topological polar surface area (TPSA) is 66.8 Å². The first-order valence-electron chi connectivity index (χ1n) is 9.70. The van der Waals surface area contributed by atoms with E-state index in [1.54, 1.807) is 4.90 Å². The Morgan fingerprint density at radius 1 is 1.07 bits per heavy atom. The number of rotatable bonds is 7. The van der Waals surface area contributed by atoms with Gasteiger partial charge in [-0.2, -0.15) is 0 Å². The number of anilines is 1. The molecule has 0 spiro atoms. The van der Waals surface area contributed by atoms with Crippen molar-refractivity contribution in [1.29, 1.82) is 0 Å². The summed E-state index contributed by atoms with van der Waals surface area (Å²) >= 11 is 1.43. The SMILES string of the molecule is CCN(C(=O)CSc1nnc(-c2c[nH]c3ccccc23)n1CC)c1ccccc1. The summed E-state index contributed by atoms with van der Waals surface area (Å²) in [6, 6.07) is 17.9. The second-order valence-corrected chi connectivity index (χ2v) is 7.50. The number of thioether (sulfide) groups is 1. The first-order chi connectivity index (χ1) is 14.2. The van der Waals surface area contributed by atoms with E-state index >= 15 is 0 Å². The van der Waals surface area contributed by atoms with Gasteiger partial charge >= 0.3 is 0 Å². The highest BCUT2D eigenvalue weighted by molar-refractivity contribution is 7.99. The molecular formula is C22H23N5OS. The molecule has 6 nitrogen and oxygen atoms in total. The van der Waals surface area contributed by atoms with Crippen LogP contribution in [0.15, 0.2) is 66.0 Å². The normalized spacial score (nSPS) is 11.1. The van der Waals surface area contributed by atoms with Crippen molar-refractivity contribution in [3.8, 4) is 11.4 Å². The highest BCUT2D eigenvalue weighted by Crippen LogP contribution is 2.30. The van der Waals surface area contributed by atoms with Crippen molar-refractivity contribution >= 4 is 34.3 Å². The third kappa shape index (κ3) is 3.78. The summed E-state index contributed by atoms with van der Waals surface area (Å²) < 4.78 is 2.06. The minimum Gasteiger partial charge on any atom is -0.360 e. The second-order valence-electron chi connectivity index (χ2n) is 6.56. The Bertz CT molecular complexity index is 1120. The summed E-state index contributed by atoms with van der Waals surface area (Å²) in [6.07, 6.45) is 1.97. The molecule has 7 heteroatoms. The Labute approximate surface area is 173 Å². The van der Waals surface area contributed by atoms with E-state index in [0.717, 1.165) is 39.7 Å². The van der Waals surface area contributed by atoms with Gasteiger partial charge in [-0.05, 0) is 32.0 Å². The molecule has 4 aromatic rings. The molecule has 0 aliphatic rings. The third-order valence-electron chi connectivity index (χ3n) is 4.87. The van der Waals surface area contributed by atoms with E-state index in [9.17, 15) is 4.79 Å². The molecule has 0 radical (unpaired) electrons. The molecule has 2 aromatic heterocycles. The lowest BCUT2D eigenvalue weighted by Gasteiger charge is -2.20. The quantitative estimate of drug-likeness (QED) is 0.457. The predicted octanol–water partition coefficient (Wildman–Crippen LogP) is 4.59. The van der Waals surface area contributed by atoms with E-state index in [4.69, 9.17) is 0 Å². The van der Waals surface area contributed by atoms with Crippen LogP contribution in [0.4, 0.5) is 5.69 Å². The predicted molar refractivity (Wildman–Crippen MR) is 118 cm³/mol. The minimum absolute atomic E-state index is 0.0583. The molecule has 0 aliphatic heterocycles. The first-order valence-corrected chi connectivity index (χ1v) is 10.7. The molecule has 0 saturated carbocycles. The number of carbonyl (C=O) groups excluding carboxylic acids is 1. The zero-order valence-electron chi connectivity index (χ0n) is 16.5. The summed E-state index contributed by atoms with van der Waals surface area (Å²) in [7, 11) is 0. The molecule has 1 amide bonds. The van der Waals surface area contributed by atoms with Crippen LogP contribution < -0.4 is 4.90 Å². The average Bonchev–Trinajstić information content (AvgIpc) is 3.37.